The van der Waals surface area contributed by atoms with Gasteiger partial charge in [-0.25, -0.2) is 4.79 Å². The normalized spacial score (nSPS) is 15.8. The number of carbonyl (C=O) groups is 3. The molecule has 0 radical (unpaired) electrons. The van der Waals surface area contributed by atoms with Gasteiger partial charge in [0.25, 0.3) is 11.8 Å². The number of imide groups is 2. The van der Waals surface area contributed by atoms with Crippen molar-refractivity contribution in [1.29, 1.82) is 0 Å². The number of aromatic nitrogens is 2. The second-order valence-electron chi connectivity index (χ2n) is 3.18. The number of hydrogen-bond acceptors (Lipinski definition) is 4. The molecule has 2 heterocycles. The molecule has 0 aliphatic carbocycles. The number of barbiturate groups is 1. The minimum absolute atomic E-state index is 0.122. The second-order valence-corrected chi connectivity index (χ2v) is 3.18. The van der Waals surface area contributed by atoms with E-state index in [1.54, 1.807) is 13.1 Å². The molecule has 1 saturated heterocycles. The van der Waals surface area contributed by atoms with E-state index >= 15 is 0 Å². The molecule has 2 N–H and O–H groups in total. The van der Waals surface area contributed by atoms with Gasteiger partial charge in [0.05, 0.1) is 5.69 Å². The molecule has 2 rings (SSSR count). The number of urea groups is 1. The zero-order chi connectivity index (χ0) is 11.7. The first-order chi connectivity index (χ1) is 7.58. The van der Waals surface area contributed by atoms with Gasteiger partial charge >= 0.3 is 6.03 Å². The Kier molecular flexibility index (Phi) is 2.28. The zero-order valence-corrected chi connectivity index (χ0v) is 8.35. The zero-order valence-electron chi connectivity index (χ0n) is 8.35. The van der Waals surface area contributed by atoms with Crippen LogP contribution in [0.5, 0.6) is 0 Å². The van der Waals surface area contributed by atoms with Gasteiger partial charge in [-0.3, -0.25) is 24.9 Å². The molecule has 0 saturated carbocycles. The number of rotatable bonds is 1. The topological polar surface area (TPSA) is 93.1 Å². The van der Waals surface area contributed by atoms with Gasteiger partial charge in [-0.15, -0.1) is 0 Å². The van der Waals surface area contributed by atoms with Gasteiger partial charge in [0.2, 0.25) is 0 Å². The van der Waals surface area contributed by atoms with E-state index in [4.69, 9.17) is 0 Å². The molecule has 7 heteroatoms. The first-order valence-corrected chi connectivity index (χ1v) is 4.44. The Morgan fingerprint density at radius 1 is 1.25 bits per heavy atom. The van der Waals surface area contributed by atoms with Crippen molar-refractivity contribution in [1.82, 2.24) is 20.4 Å². The van der Waals surface area contributed by atoms with Crippen molar-refractivity contribution in [3.8, 4) is 0 Å². The molecule has 82 valence electrons. The smallest absolute Gasteiger partial charge is 0.273 e. The first kappa shape index (κ1) is 10.1. The molecule has 1 aliphatic heterocycles. The first-order valence-electron chi connectivity index (χ1n) is 4.44. The fraction of sp³-hybridized carbons (Fsp3) is 0.111. The van der Waals surface area contributed by atoms with Crippen LogP contribution in [0.1, 0.15) is 5.69 Å². The highest BCUT2D eigenvalue weighted by Gasteiger charge is 2.27. The molecule has 1 fully saturated rings. The van der Waals surface area contributed by atoms with Crippen LogP contribution in [0.25, 0.3) is 6.08 Å². The minimum Gasteiger partial charge on any atom is -0.273 e. The average Bonchev–Trinajstić information content (AvgIpc) is 2.57. The predicted molar refractivity (Wildman–Crippen MR) is 52.9 cm³/mol. The van der Waals surface area contributed by atoms with Crippen molar-refractivity contribution in [3.63, 3.8) is 0 Å². The van der Waals surface area contributed by atoms with Crippen LogP contribution in [0, 0.1) is 0 Å². The van der Waals surface area contributed by atoms with Crippen LogP contribution < -0.4 is 10.6 Å². The van der Waals surface area contributed by atoms with Crippen LogP contribution in [0.2, 0.25) is 0 Å². The van der Waals surface area contributed by atoms with Crippen molar-refractivity contribution in [2.24, 2.45) is 7.05 Å². The second kappa shape index (κ2) is 3.61. The fourth-order valence-electron chi connectivity index (χ4n) is 1.28. The lowest BCUT2D eigenvalue weighted by atomic mass is 10.1. The molecule has 1 aromatic rings. The summed E-state index contributed by atoms with van der Waals surface area (Å²) in [5.74, 6) is -1.43. The van der Waals surface area contributed by atoms with E-state index in [0.717, 1.165) is 0 Å². The Balaban J connectivity index is 2.37. The van der Waals surface area contributed by atoms with Gasteiger partial charge in [-0.05, 0) is 12.1 Å². The van der Waals surface area contributed by atoms with Crippen LogP contribution in [0.3, 0.4) is 0 Å². The Labute approximate surface area is 90.1 Å². The minimum atomic E-state index is -0.808. The Bertz CT molecular complexity index is 493. The average molecular weight is 220 g/mol. The Morgan fingerprint density at radius 2 is 1.88 bits per heavy atom. The van der Waals surface area contributed by atoms with Gasteiger partial charge in [-0.2, -0.15) is 5.10 Å². The van der Waals surface area contributed by atoms with E-state index in [9.17, 15) is 14.4 Å². The van der Waals surface area contributed by atoms with Crippen molar-refractivity contribution in [2.45, 2.75) is 0 Å². The lowest BCUT2D eigenvalue weighted by molar-refractivity contribution is -0.123. The Hall–Kier alpha value is -2.44. The third-order valence-electron chi connectivity index (χ3n) is 2.09. The molecule has 0 unspecified atom stereocenters. The van der Waals surface area contributed by atoms with Gasteiger partial charge < -0.3 is 0 Å². The van der Waals surface area contributed by atoms with Crippen LogP contribution >= 0.6 is 0 Å². The molecule has 7 nitrogen and oxygen atoms in total. The molecule has 1 aliphatic rings. The van der Waals surface area contributed by atoms with E-state index in [2.05, 4.69) is 5.10 Å². The van der Waals surface area contributed by atoms with Gasteiger partial charge in [0, 0.05) is 13.2 Å². The molecule has 0 spiro atoms. The van der Waals surface area contributed by atoms with Crippen molar-refractivity contribution >= 4 is 23.9 Å². The fourth-order valence-corrected chi connectivity index (χ4v) is 1.28. The number of carbonyl (C=O) groups excluding carboxylic acids is 3. The van der Waals surface area contributed by atoms with E-state index in [1.165, 1.54) is 17.0 Å². The van der Waals surface area contributed by atoms with E-state index in [-0.39, 0.29) is 5.57 Å². The number of aryl methyl sites for hydroxylation is 1. The van der Waals surface area contributed by atoms with Crippen molar-refractivity contribution in [3.05, 3.63) is 23.5 Å². The van der Waals surface area contributed by atoms with Crippen LogP contribution in [-0.4, -0.2) is 27.6 Å². The Morgan fingerprint density at radius 3 is 2.38 bits per heavy atom. The third kappa shape index (κ3) is 1.70. The highest BCUT2D eigenvalue weighted by atomic mass is 16.2. The number of nitrogens with one attached hydrogen (secondary N) is 2. The van der Waals surface area contributed by atoms with E-state index in [1.807, 2.05) is 10.6 Å². The summed E-state index contributed by atoms with van der Waals surface area (Å²) in [6.45, 7) is 0. The number of nitrogens with zero attached hydrogens (tertiary/aromatic N) is 2. The molecular formula is C9H8N4O3. The summed E-state index contributed by atoms with van der Waals surface area (Å²) >= 11 is 0. The van der Waals surface area contributed by atoms with E-state index in [0.29, 0.717) is 5.69 Å². The van der Waals surface area contributed by atoms with E-state index < -0.39 is 17.8 Å². The summed E-state index contributed by atoms with van der Waals surface area (Å²) in [4.78, 5) is 33.5. The summed E-state index contributed by atoms with van der Waals surface area (Å²) in [5, 5.41) is 7.86. The number of hydrogen-bond donors (Lipinski definition) is 2. The van der Waals surface area contributed by atoms with Crippen LogP contribution in [0.4, 0.5) is 4.79 Å². The molecule has 1 aromatic heterocycles. The molecule has 4 amide bonds. The van der Waals surface area contributed by atoms with Gasteiger partial charge in [0.1, 0.15) is 5.57 Å². The summed E-state index contributed by atoms with van der Waals surface area (Å²) in [6, 6.07) is 0.835. The summed E-state index contributed by atoms with van der Waals surface area (Å²) in [6.07, 6.45) is 2.90. The lowest BCUT2D eigenvalue weighted by Gasteiger charge is -2.13. The lowest BCUT2D eigenvalue weighted by Crippen LogP contribution is -2.51. The largest absolute Gasteiger partial charge is 0.328 e. The predicted octanol–water partition coefficient (Wildman–Crippen LogP) is -0.831. The maximum absolute atomic E-state index is 11.4. The van der Waals surface area contributed by atoms with Gasteiger partial charge in [0.15, 0.2) is 0 Å². The molecule has 0 atom stereocenters. The SMILES string of the molecule is Cn1nccc1C=C1C(=O)NC(=O)NC1=O. The standard InChI is InChI=1S/C9H8N4O3/c1-13-5(2-3-10-13)4-6-7(14)11-9(16)12-8(6)15/h2-4H,1H3,(H2,11,12,14,15,16). The molecule has 16 heavy (non-hydrogen) atoms. The molecule has 0 aromatic carbocycles. The molecule has 0 bridgehead atoms. The third-order valence-corrected chi connectivity index (χ3v) is 2.09. The highest BCUT2D eigenvalue weighted by Crippen LogP contribution is 2.08. The molecular weight excluding hydrogens is 212 g/mol. The summed E-state index contributed by atoms with van der Waals surface area (Å²) in [5.41, 5.74) is 0.470. The number of amides is 4. The summed E-state index contributed by atoms with van der Waals surface area (Å²) < 4.78 is 1.50. The summed E-state index contributed by atoms with van der Waals surface area (Å²) in [7, 11) is 1.68. The maximum Gasteiger partial charge on any atom is 0.328 e. The highest BCUT2D eigenvalue weighted by molar-refractivity contribution is 6.31. The van der Waals surface area contributed by atoms with Crippen molar-refractivity contribution < 1.29 is 14.4 Å². The van der Waals surface area contributed by atoms with Crippen LogP contribution in [-0.2, 0) is 16.6 Å². The van der Waals surface area contributed by atoms with Gasteiger partial charge in [-0.1, -0.05) is 0 Å². The quantitative estimate of drug-likeness (QED) is 0.477. The van der Waals surface area contributed by atoms with Crippen molar-refractivity contribution in [2.75, 3.05) is 0 Å². The maximum atomic E-state index is 11.4. The van der Waals surface area contributed by atoms with Crippen LogP contribution in [0.15, 0.2) is 17.8 Å². The monoisotopic (exact) mass is 220 g/mol.